The molecule has 1 rings (SSSR count). The van der Waals surface area contributed by atoms with Crippen molar-refractivity contribution >= 4 is 11.6 Å². The highest BCUT2D eigenvalue weighted by Gasteiger charge is 2.02. The van der Waals surface area contributed by atoms with Crippen LogP contribution < -0.4 is 16.6 Å². The summed E-state index contributed by atoms with van der Waals surface area (Å²) >= 11 is 0. The predicted octanol–water partition coefficient (Wildman–Crippen LogP) is 0.829. The van der Waals surface area contributed by atoms with Crippen LogP contribution in [0.3, 0.4) is 0 Å². The molecule has 4 N–H and O–H groups in total. The van der Waals surface area contributed by atoms with E-state index in [2.05, 4.69) is 20.7 Å². The number of aromatic nitrogens is 2. The lowest BCUT2D eigenvalue weighted by Gasteiger charge is -2.05. The lowest BCUT2D eigenvalue weighted by atomic mass is 10.4. The fourth-order valence-electron chi connectivity index (χ4n) is 0.842. The summed E-state index contributed by atoms with van der Waals surface area (Å²) in [6, 6.07) is 1.53. The van der Waals surface area contributed by atoms with Gasteiger partial charge in [-0.1, -0.05) is 0 Å². The Kier molecular flexibility index (Phi) is 3.99. The Hall–Kier alpha value is -1.50. The van der Waals surface area contributed by atoms with Crippen LogP contribution in [-0.4, -0.2) is 22.9 Å². The Bertz CT molecular complexity index is 281. The second-order valence-electron chi connectivity index (χ2n) is 2.54. The van der Waals surface area contributed by atoms with Gasteiger partial charge in [-0.25, -0.2) is 24.6 Å². The first-order chi connectivity index (χ1) is 6.72. The van der Waals surface area contributed by atoms with Crippen LogP contribution in [0.1, 0.15) is 6.42 Å². The zero-order valence-electron chi connectivity index (χ0n) is 7.37. The normalized spacial score (nSPS) is 10.3. The summed E-state index contributed by atoms with van der Waals surface area (Å²) in [5.41, 5.74) is 2.33. The second-order valence-corrected chi connectivity index (χ2v) is 2.54. The average Bonchev–Trinajstić information content (AvgIpc) is 2.18. The zero-order valence-corrected chi connectivity index (χ0v) is 7.37. The van der Waals surface area contributed by atoms with Gasteiger partial charge in [-0.05, 0) is 0 Å². The smallest absolute Gasteiger partial charge is 0.240 e. The minimum absolute atomic E-state index is 0.165. The molecular weight excluding hydrogens is 192 g/mol. The number of alkyl halides is 2. The number of nitrogens with two attached hydrogens (primary N) is 1. The number of halogens is 2. The first-order valence-electron chi connectivity index (χ1n) is 4.03. The molecule has 1 aromatic rings. The minimum atomic E-state index is -2.31. The molecule has 0 aliphatic heterocycles. The van der Waals surface area contributed by atoms with Gasteiger partial charge in [-0.15, -0.1) is 0 Å². The van der Waals surface area contributed by atoms with Crippen molar-refractivity contribution in [2.24, 2.45) is 5.84 Å². The predicted molar refractivity (Wildman–Crippen MR) is 49.0 cm³/mol. The molecule has 0 atom stereocenters. The van der Waals surface area contributed by atoms with Crippen molar-refractivity contribution in [2.45, 2.75) is 12.8 Å². The monoisotopic (exact) mass is 203 g/mol. The van der Waals surface area contributed by atoms with Crippen LogP contribution in [0.2, 0.25) is 0 Å². The van der Waals surface area contributed by atoms with E-state index in [1.807, 2.05) is 0 Å². The Labute approximate surface area is 79.7 Å². The van der Waals surface area contributed by atoms with Crippen LogP contribution in [-0.2, 0) is 0 Å². The van der Waals surface area contributed by atoms with Crippen molar-refractivity contribution in [1.29, 1.82) is 0 Å². The minimum Gasteiger partial charge on any atom is -0.370 e. The van der Waals surface area contributed by atoms with Crippen molar-refractivity contribution in [3.63, 3.8) is 0 Å². The number of anilines is 2. The molecule has 78 valence electrons. The topological polar surface area (TPSA) is 75.9 Å². The number of nitrogen functional groups attached to an aromatic ring is 1. The number of hydrazine groups is 1. The van der Waals surface area contributed by atoms with E-state index in [1.165, 1.54) is 12.4 Å². The summed E-state index contributed by atoms with van der Waals surface area (Å²) in [4.78, 5) is 7.59. The second kappa shape index (κ2) is 5.28. The molecule has 7 heteroatoms. The van der Waals surface area contributed by atoms with Gasteiger partial charge < -0.3 is 10.7 Å². The van der Waals surface area contributed by atoms with Crippen LogP contribution in [0.4, 0.5) is 20.4 Å². The first kappa shape index (κ1) is 10.6. The van der Waals surface area contributed by atoms with Crippen LogP contribution >= 0.6 is 0 Å². The van der Waals surface area contributed by atoms with E-state index in [0.717, 1.165) is 0 Å². The summed E-state index contributed by atoms with van der Waals surface area (Å²) in [6.07, 6.45) is -1.23. The van der Waals surface area contributed by atoms with Crippen molar-refractivity contribution in [2.75, 3.05) is 17.3 Å². The largest absolute Gasteiger partial charge is 0.370 e. The Morgan fingerprint density at radius 3 is 2.71 bits per heavy atom. The van der Waals surface area contributed by atoms with E-state index >= 15 is 0 Å². The number of nitrogens with zero attached hydrogens (tertiary/aromatic N) is 2. The van der Waals surface area contributed by atoms with Gasteiger partial charge in [-0.3, -0.25) is 0 Å². The Balaban J connectivity index is 2.42. The summed E-state index contributed by atoms with van der Waals surface area (Å²) in [5.74, 6) is 6.00. The molecule has 1 heterocycles. The molecule has 1 aromatic heterocycles. The number of hydrogen-bond donors (Lipinski definition) is 3. The molecule has 0 aliphatic carbocycles. The molecule has 0 unspecified atom stereocenters. The molecule has 5 nitrogen and oxygen atoms in total. The van der Waals surface area contributed by atoms with Crippen LogP contribution in [0.5, 0.6) is 0 Å². The van der Waals surface area contributed by atoms with E-state index in [4.69, 9.17) is 5.84 Å². The quantitative estimate of drug-likeness (QED) is 0.488. The average molecular weight is 203 g/mol. The van der Waals surface area contributed by atoms with E-state index in [9.17, 15) is 8.78 Å². The third-order valence-corrected chi connectivity index (χ3v) is 1.48. The third kappa shape index (κ3) is 3.48. The zero-order chi connectivity index (χ0) is 10.4. The third-order valence-electron chi connectivity index (χ3n) is 1.48. The number of nitrogens with one attached hydrogen (secondary N) is 2. The highest BCUT2D eigenvalue weighted by molar-refractivity contribution is 5.45. The summed E-state index contributed by atoms with van der Waals surface area (Å²) in [7, 11) is 0. The first-order valence-corrected chi connectivity index (χ1v) is 4.03. The maximum absolute atomic E-state index is 11.8. The Morgan fingerprint density at radius 2 is 2.07 bits per heavy atom. The summed E-state index contributed by atoms with van der Waals surface area (Å²) in [5, 5.41) is 2.72. The molecule has 0 amide bonds. The van der Waals surface area contributed by atoms with Crippen LogP contribution in [0, 0.1) is 0 Å². The molecule has 0 aromatic carbocycles. The van der Waals surface area contributed by atoms with Gasteiger partial charge in [0.2, 0.25) is 6.43 Å². The van der Waals surface area contributed by atoms with Gasteiger partial charge in [0.1, 0.15) is 18.0 Å². The van der Waals surface area contributed by atoms with Gasteiger partial charge in [0.15, 0.2) is 0 Å². The fraction of sp³-hybridized carbons (Fsp3) is 0.429. The number of rotatable bonds is 5. The molecule has 0 saturated carbocycles. The lowest BCUT2D eigenvalue weighted by Crippen LogP contribution is -2.11. The number of hydrogen-bond acceptors (Lipinski definition) is 5. The molecule has 0 fully saturated rings. The molecule has 0 spiro atoms. The van der Waals surface area contributed by atoms with E-state index < -0.39 is 6.43 Å². The van der Waals surface area contributed by atoms with Crippen molar-refractivity contribution < 1.29 is 8.78 Å². The summed E-state index contributed by atoms with van der Waals surface area (Å²) < 4.78 is 23.6. The summed E-state index contributed by atoms with van der Waals surface area (Å²) in [6.45, 7) is 0.165. The van der Waals surface area contributed by atoms with Crippen LogP contribution in [0.15, 0.2) is 12.4 Å². The molecule has 0 bridgehead atoms. The van der Waals surface area contributed by atoms with Gasteiger partial charge in [0.25, 0.3) is 0 Å². The maximum Gasteiger partial charge on any atom is 0.240 e. The van der Waals surface area contributed by atoms with E-state index in [0.29, 0.717) is 11.6 Å². The standard InChI is InChI=1S/C7H11F2N5/c8-5(9)1-2-11-6-3-7(14-10)13-4-12-6/h3-5H,1-2,10H2,(H2,11,12,13,14). The van der Waals surface area contributed by atoms with Gasteiger partial charge in [-0.2, -0.15) is 0 Å². The van der Waals surface area contributed by atoms with Crippen LogP contribution in [0.25, 0.3) is 0 Å². The fourth-order valence-corrected chi connectivity index (χ4v) is 0.842. The molecule has 0 saturated heterocycles. The molecule has 0 aliphatic rings. The Morgan fingerprint density at radius 1 is 1.36 bits per heavy atom. The molecular formula is C7H11F2N5. The molecule has 0 radical (unpaired) electrons. The van der Waals surface area contributed by atoms with E-state index in [-0.39, 0.29) is 13.0 Å². The highest BCUT2D eigenvalue weighted by atomic mass is 19.3. The molecule has 14 heavy (non-hydrogen) atoms. The van der Waals surface area contributed by atoms with Gasteiger partial charge in [0, 0.05) is 19.0 Å². The van der Waals surface area contributed by atoms with Crippen molar-refractivity contribution in [3.05, 3.63) is 12.4 Å². The van der Waals surface area contributed by atoms with Crippen molar-refractivity contribution in [3.8, 4) is 0 Å². The van der Waals surface area contributed by atoms with Gasteiger partial charge >= 0.3 is 0 Å². The van der Waals surface area contributed by atoms with Gasteiger partial charge in [0.05, 0.1) is 0 Å². The van der Waals surface area contributed by atoms with Crippen molar-refractivity contribution in [1.82, 2.24) is 9.97 Å². The SMILES string of the molecule is NNc1cc(NCCC(F)F)ncn1. The highest BCUT2D eigenvalue weighted by Crippen LogP contribution is 2.07. The maximum atomic E-state index is 11.8. The lowest BCUT2D eigenvalue weighted by molar-refractivity contribution is 0.142. The van der Waals surface area contributed by atoms with E-state index in [1.54, 1.807) is 0 Å².